The van der Waals surface area contributed by atoms with E-state index in [2.05, 4.69) is 123 Å². The van der Waals surface area contributed by atoms with Crippen LogP contribution in [0.3, 0.4) is 0 Å². The first-order valence-electron chi connectivity index (χ1n) is 10.2. The Morgan fingerprint density at radius 3 is 1.43 bits per heavy atom. The monoisotopic (exact) mass is 431 g/mol. The van der Waals surface area contributed by atoms with Crippen molar-refractivity contribution in [2.75, 3.05) is 6.26 Å². The summed E-state index contributed by atoms with van der Waals surface area (Å²) in [5, 5.41) is 5.09. The predicted octanol–water partition coefficient (Wildman–Crippen LogP) is 5.05. The topological polar surface area (TPSA) is 28.7 Å². The Morgan fingerprint density at radius 1 is 0.700 bits per heavy atom. The number of thioether (sulfide) groups is 1. The van der Waals surface area contributed by atoms with E-state index in [1.165, 1.54) is 21.3 Å². The summed E-state index contributed by atoms with van der Waals surface area (Å²) in [7, 11) is -2.15. The van der Waals surface area contributed by atoms with Gasteiger partial charge in [-0.05, 0) is 42.7 Å². The molecular formula is C26H28N2PS+. The summed E-state index contributed by atoms with van der Waals surface area (Å²) in [4.78, 5) is 8.90. The van der Waals surface area contributed by atoms with Gasteiger partial charge >= 0.3 is 0 Å². The second-order valence-electron chi connectivity index (χ2n) is 8.37. The maximum Gasteiger partial charge on any atom is 0.210 e. The van der Waals surface area contributed by atoms with Crippen molar-refractivity contribution in [2.24, 2.45) is 0 Å². The van der Waals surface area contributed by atoms with E-state index in [9.17, 15) is 0 Å². The predicted molar refractivity (Wildman–Crippen MR) is 134 cm³/mol. The molecule has 0 saturated carbocycles. The fraction of sp³-hybridized carbons (Fsp3) is 0.192. The summed E-state index contributed by atoms with van der Waals surface area (Å²) in [6, 6.07) is 32.8. The Morgan fingerprint density at radius 2 is 1.10 bits per heavy atom. The quantitative estimate of drug-likeness (QED) is 0.354. The fourth-order valence-corrected chi connectivity index (χ4v) is 9.11. The lowest BCUT2D eigenvalue weighted by Gasteiger charge is -2.26. The minimum atomic E-state index is -2.15. The highest BCUT2D eigenvalue weighted by Crippen LogP contribution is 2.55. The van der Waals surface area contributed by atoms with Gasteiger partial charge in [-0.25, -0.2) is 4.98 Å². The molecule has 0 bridgehead atoms. The molecule has 0 aliphatic heterocycles. The summed E-state index contributed by atoms with van der Waals surface area (Å²) in [5.74, 6) is 1.04. The summed E-state index contributed by atoms with van der Waals surface area (Å²) in [6.45, 7) is 6.65. The molecule has 2 nitrogen and oxygen atoms in total. The van der Waals surface area contributed by atoms with Crippen LogP contribution in [0.15, 0.2) is 96.0 Å². The van der Waals surface area contributed by atoms with E-state index in [1.807, 2.05) is 0 Å². The van der Waals surface area contributed by atoms with Crippen LogP contribution in [-0.2, 0) is 5.41 Å². The third-order valence-corrected chi connectivity index (χ3v) is 10.4. The molecule has 4 heteroatoms. The van der Waals surface area contributed by atoms with Crippen molar-refractivity contribution in [2.45, 2.75) is 31.2 Å². The third-order valence-electron chi connectivity index (χ3n) is 5.32. The van der Waals surface area contributed by atoms with Gasteiger partial charge in [-0.2, -0.15) is 0 Å². The summed E-state index contributed by atoms with van der Waals surface area (Å²) in [6.07, 6.45) is 2.13. The first kappa shape index (κ1) is 20.9. The second-order valence-corrected chi connectivity index (χ2v) is 12.5. The summed E-state index contributed by atoms with van der Waals surface area (Å²) >= 11 is 1.73. The van der Waals surface area contributed by atoms with Crippen LogP contribution in [0.25, 0.3) is 0 Å². The average molecular weight is 432 g/mol. The molecule has 0 saturated heterocycles. The zero-order valence-corrected chi connectivity index (χ0v) is 19.7. The second kappa shape index (κ2) is 8.41. The number of imidazole rings is 1. The van der Waals surface area contributed by atoms with Crippen molar-refractivity contribution in [1.82, 2.24) is 9.97 Å². The van der Waals surface area contributed by atoms with Gasteiger partial charge in [-0.15, -0.1) is 11.8 Å². The van der Waals surface area contributed by atoms with Crippen molar-refractivity contribution >= 4 is 40.4 Å². The average Bonchev–Trinajstić information content (AvgIpc) is 3.22. The molecule has 30 heavy (non-hydrogen) atoms. The van der Waals surface area contributed by atoms with Gasteiger partial charge in [0, 0.05) is 5.41 Å². The number of nitrogens with one attached hydrogen (secondary N) is 1. The maximum atomic E-state index is 5.08. The Kier molecular flexibility index (Phi) is 5.86. The fourth-order valence-electron chi connectivity index (χ4n) is 3.86. The standard InChI is InChI=1S/C26H28N2PS/c1-26(2,3)25-27-23(24(28-25)30-4)29(20-14-8-5-9-15-20,21-16-10-6-11-17-21)22-18-12-7-13-19-22/h5-19H,1-4H3,(H,27,28)/q+1. The Hall–Kier alpha value is -2.35. The minimum absolute atomic E-state index is 0.0531. The molecule has 4 aromatic rings. The molecule has 0 fully saturated rings. The maximum absolute atomic E-state index is 5.08. The third kappa shape index (κ3) is 3.62. The van der Waals surface area contributed by atoms with E-state index in [0.717, 1.165) is 10.9 Å². The van der Waals surface area contributed by atoms with Gasteiger partial charge in [0.15, 0.2) is 12.3 Å². The molecule has 0 unspecified atom stereocenters. The highest BCUT2D eigenvalue weighted by Gasteiger charge is 2.51. The molecule has 0 aliphatic rings. The van der Waals surface area contributed by atoms with Crippen molar-refractivity contribution in [1.29, 1.82) is 0 Å². The normalized spacial score (nSPS) is 12.1. The van der Waals surface area contributed by atoms with Crippen molar-refractivity contribution in [3.8, 4) is 0 Å². The van der Waals surface area contributed by atoms with Crippen LogP contribution in [0.4, 0.5) is 0 Å². The lowest BCUT2D eigenvalue weighted by molar-refractivity contribution is 0.550. The van der Waals surface area contributed by atoms with Crippen LogP contribution in [0.5, 0.6) is 0 Å². The smallest absolute Gasteiger partial charge is 0.210 e. The van der Waals surface area contributed by atoms with Gasteiger partial charge in [0.05, 0.1) is 0 Å². The van der Waals surface area contributed by atoms with Gasteiger partial charge in [-0.3, -0.25) is 0 Å². The molecule has 0 aliphatic carbocycles. The summed E-state index contributed by atoms with van der Waals surface area (Å²) < 4.78 is 0. The van der Waals surface area contributed by atoms with Crippen molar-refractivity contribution in [3.63, 3.8) is 0 Å². The van der Waals surface area contributed by atoms with E-state index in [0.29, 0.717) is 0 Å². The highest BCUT2D eigenvalue weighted by atomic mass is 32.2. The van der Waals surface area contributed by atoms with E-state index in [-0.39, 0.29) is 5.41 Å². The van der Waals surface area contributed by atoms with E-state index in [4.69, 9.17) is 4.98 Å². The number of aromatic amines is 1. The van der Waals surface area contributed by atoms with Crippen LogP contribution in [0, 0.1) is 0 Å². The molecule has 0 amide bonds. The first-order valence-corrected chi connectivity index (χ1v) is 13.2. The minimum Gasteiger partial charge on any atom is -0.311 e. The molecule has 1 N–H and O–H groups in total. The van der Waals surface area contributed by atoms with E-state index >= 15 is 0 Å². The first-order chi connectivity index (χ1) is 14.5. The molecule has 0 atom stereocenters. The number of H-pyrrole nitrogens is 1. The van der Waals surface area contributed by atoms with Gasteiger partial charge in [0.25, 0.3) is 0 Å². The van der Waals surface area contributed by atoms with Crippen LogP contribution in [0.1, 0.15) is 26.6 Å². The molecule has 3 aromatic carbocycles. The van der Waals surface area contributed by atoms with Crippen molar-refractivity contribution in [3.05, 3.63) is 96.8 Å². The summed E-state index contributed by atoms with van der Waals surface area (Å²) in [5.41, 5.74) is 1.19. The largest absolute Gasteiger partial charge is 0.311 e. The number of aromatic nitrogens is 2. The number of nitrogens with zero attached hydrogens (tertiary/aromatic N) is 1. The van der Waals surface area contributed by atoms with E-state index in [1.54, 1.807) is 11.8 Å². The van der Waals surface area contributed by atoms with Crippen molar-refractivity contribution < 1.29 is 0 Å². The van der Waals surface area contributed by atoms with Crippen LogP contribution >= 0.6 is 19.0 Å². The van der Waals surface area contributed by atoms with E-state index < -0.39 is 7.26 Å². The number of hydrogen-bond acceptors (Lipinski definition) is 2. The van der Waals surface area contributed by atoms with Gasteiger partial charge in [-0.1, -0.05) is 75.4 Å². The molecule has 152 valence electrons. The molecule has 4 rings (SSSR count). The zero-order chi connectivity index (χ0) is 21.2. The molecular weight excluding hydrogens is 403 g/mol. The van der Waals surface area contributed by atoms with Crippen LogP contribution in [-0.4, -0.2) is 16.2 Å². The zero-order valence-electron chi connectivity index (χ0n) is 18.0. The highest BCUT2D eigenvalue weighted by molar-refractivity contribution is 8.04. The molecule has 0 radical (unpaired) electrons. The molecule has 1 aromatic heterocycles. The Bertz CT molecular complexity index is 1000. The molecule has 0 spiro atoms. The van der Waals surface area contributed by atoms with Gasteiger partial charge in [0.2, 0.25) is 5.44 Å². The molecule has 1 heterocycles. The van der Waals surface area contributed by atoms with Crippen LogP contribution < -0.4 is 21.3 Å². The number of hydrogen-bond donors (Lipinski definition) is 1. The SMILES string of the molecule is CSc1nc(C(C)(C)C)[nH]c1[P+](c1ccccc1)(c1ccccc1)c1ccccc1. The Labute approximate surface area is 184 Å². The Balaban J connectivity index is 2.16. The van der Waals surface area contributed by atoms with Crippen LogP contribution in [0.2, 0.25) is 0 Å². The number of benzene rings is 3. The lowest BCUT2D eigenvalue weighted by atomic mass is 9.96. The van der Waals surface area contributed by atoms with Gasteiger partial charge in [0.1, 0.15) is 21.7 Å². The number of rotatable bonds is 5. The lowest BCUT2D eigenvalue weighted by Crippen LogP contribution is -2.40. The van der Waals surface area contributed by atoms with Gasteiger partial charge < -0.3 is 4.98 Å².